The van der Waals surface area contributed by atoms with Crippen molar-refractivity contribution in [3.05, 3.63) is 51.6 Å². The molecule has 6 rings (SSSR count). The van der Waals surface area contributed by atoms with Gasteiger partial charge in [0, 0.05) is 41.8 Å². The molecule has 42 heavy (non-hydrogen) atoms. The number of phenolic OH excluding ortho intramolecular Hbond substituents is 1. The number of rotatable bonds is 5. The quantitative estimate of drug-likeness (QED) is 0.276. The van der Waals surface area contributed by atoms with Gasteiger partial charge in [0.05, 0.1) is 25.2 Å². The SMILES string of the molecule is CC=CC(=O)NC[C@H]1c2c(c(OC(C)=O)c(C)c3c2OCO3)CC2[C@H]3c4c(cc(C)c(OC)c4O)C[C@@H]([C@H](O)N21)N3C. The van der Waals surface area contributed by atoms with Crippen LogP contribution in [0.3, 0.4) is 0 Å². The Bertz CT molecular complexity index is 1500. The summed E-state index contributed by atoms with van der Waals surface area (Å²) in [6.45, 7) is 7.00. The Hall–Kier alpha value is -3.80. The number of amides is 1. The van der Waals surface area contributed by atoms with Gasteiger partial charge in [0.15, 0.2) is 23.0 Å². The first-order valence-corrected chi connectivity index (χ1v) is 14.2. The number of phenols is 1. The van der Waals surface area contributed by atoms with E-state index in [1.54, 1.807) is 13.0 Å². The Morgan fingerprint density at radius 1 is 1.14 bits per heavy atom. The maximum atomic E-state index is 12.6. The number of aryl methyl sites for hydroxylation is 1. The number of nitrogens with zero attached hydrogens (tertiary/aromatic N) is 2. The number of methoxy groups -OCH3 is 1. The third-order valence-electron chi connectivity index (χ3n) is 9.13. The molecule has 2 bridgehead atoms. The third-order valence-corrected chi connectivity index (χ3v) is 9.13. The molecule has 0 saturated carbocycles. The summed E-state index contributed by atoms with van der Waals surface area (Å²) in [7, 11) is 3.50. The van der Waals surface area contributed by atoms with Crippen LogP contribution in [0.15, 0.2) is 18.2 Å². The van der Waals surface area contributed by atoms with Crippen LogP contribution in [0, 0.1) is 13.8 Å². The van der Waals surface area contributed by atoms with Crippen LogP contribution in [-0.2, 0) is 22.4 Å². The number of aromatic hydroxyl groups is 1. The fraction of sp³-hybridized carbons (Fsp3) is 0.484. The van der Waals surface area contributed by atoms with Crippen molar-refractivity contribution in [1.29, 1.82) is 0 Å². The summed E-state index contributed by atoms with van der Waals surface area (Å²) in [5, 5.41) is 26.6. The Balaban J connectivity index is 1.58. The Morgan fingerprint density at radius 3 is 2.57 bits per heavy atom. The largest absolute Gasteiger partial charge is 0.504 e. The minimum Gasteiger partial charge on any atom is -0.504 e. The van der Waals surface area contributed by atoms with Gasteiger partial charge in [-0.15, -0.1) is 0 Å². The van der Waals surface area contributed by atoms with Gasteiger partial charge in [-0.25, -0.2) is 0 Å². The van der Waals surface area contributed by atoms with Crippen molar-refractivity contribution in [1.82, 2.24) is 15.1 Å². The van der Waals surface area contributed by atoms with Crippen molar-refractivity contribution >= 4 is 11.9 Å². The molecule has 11 nitrogen and oxygen atoms in total. The first-order valence-electron chi connectivity index (χ1n) is 14.2. The number of carbonyl (C=O) groups excluding carboxylic acids is 2. The molecule has 0 spiro atoms. The van der Waals surface area contributed by atoms with Gasteiger partial charge in [-0.1, -0.05) is 12.1 Å². The van der Waals surface area contributed by atoms with Gasteiger partial charge >= 0.3 is 5.97 Å². The van der Waals surface area contributed by atoms with Crippen LogP contribution in [0.5, 0.6) is 28.7 Å². The number of likely N-dealkylation sites (N-methyl/N-ethyl adjacent to an activating group) is 1. The zero-order valence-corrected chi connectivity index (χ0v) is 24.7. The summed E-state index contributed by atoms with van der Waals surface area (Å²) in [5.74, 6) is 1.18. The second-order valence-electron chi connectivity index (χ2n) is 11.4. The molecular formula is C31H37N3O8. The van der Waals surface area contributed by atoms with Crippen LogP contribution in [0.2, 0.25) is 0 Å². The Morgan fingerprint density at radius 2 is 1.88 bits per heavy atom. The van der Waals surface area contributed by atoms with E-state index in [4.69, 9.17) is 18.9 Å². The summed E-state index contributed by atoms with van der Waals surface area (Å²) >= 11 is 0. The predicted molar refractivity (Wildman–Crippen MR) is 152 cm³/mol. The molecule has 3 N–H and O–H groups in total. The number of aliphatic hydroxyl groups is 1. The summed E-state index contributed by atoms with van der Waals surface area (Å²) in [5.41, 5.74) is 4.65. The molecule has 2 aromatic rings. The Labute approximate surface area is 244 Å². The van der Waals surface area contributed by atoms with Crippen molar-refractivity contribution in [2.45, 2.75) is 70.9 Å². The maximum absolute atomic E-state index is 12.6. The first kappa shape index (κ1) is 28.3. The lowest BCUT2D eigenvalue weighted by Gasteiger charge is -2.60. The lowest BCUT2D eigenvalue weighted by atomic mass is 9.73. The number of allylic oxidation sites excluding steroid dienone is 1. The second kappa shape index (κ2) is 10.5. The molecule has 0 aromatic heterocycles. The molecule has 1 amide bonds. The van der Waals surface area contributed by atoms with Gasteiger partial charge < -0.3 is 34.5 Å². The van der Waals surface area contributed by atoms with E-state index in [9.17, 15) is 19.8 Å². The molecule has 4 heterocycles. The average molecular weight is 580 g/mol. The minimum atomic E-state index is -0.915. The van der Waals surface area contributed by atoms with E-state index in [1.165, 1.54) is 20.1 Å². The molecule has 224 valence electrons. The number of carbonyl (C=O) groups is 2. The number of nitrogens with one attached hydrogen (secondary N) is 1. The summed E-state index contributed by atoms with van der Waals surface area (Å²) < 4.78 is 23.3. The number of hydrogen-bond donors (Lipinski definition) is 3. The van der Waals surface area contributed by atoms with Gasteiger partial charge in [-0.05, 0) is 57.9 Å². The van der Waals surface area contributed by atoms with Gasteiger partial charge in [-0.2, -0.15) is 0 Å². The zero-order chi connectivity index (χ0) is 30.0. The molecule has 1 unspecified atom stereocenters. The van der Waals surface area contributed by atoms with Gasteiger partial charge in [0.25, 0.3) is 0 Å². The van der Waals surface area contributed by atoms with Crippen LogP contribution < -0.4 is 24.3 Å². The highest BCUT2D eigenvalue weighted by atomic mass is 16.7. The van der Waals surface area contributed by atoms with E-state index in [-0.39, 0.29) is 43.1 Å². The summed E-state index contributed by atoms with van der Waals surface area (Å²) in [4.78, 5) is 29.1. The van der Waals surface area contributed by atoms with Crippen LogP contribution in [0.1, 0.15) is 59.3 Å². The number of ether oxygens (including phenoxy) is 4. The predicted octanol–water partition coefficient (Wildman–Crippen LogP) is 2.56. The van der Waals surface area contributed by atoms with Crippen molar-refractivity contribution in [3.8, 4) is 28.7 Å². The Kier molecular flexibility index (Phi) is 7.07. The number of hydrogen-bond acceptors (Lipinski definition) is 10. The number of fused-ring (bicyclic) bond motifs is 9. The molecule has 1 saturated heterocycles. The minimum absolute atomic E-state index is 0.00412. The summed E-state index contributed by atoms with van der Waals surface area (Å²) in [6, 6.07) is 0.479. The van der Waals surface area contributed by atoms with E-state index in [2.05, 4.69) is 10.2 Å². The highest BCUT2D eigenvalue weighted by Gasteiger charge is 2.56. The topological polar surface area (TPSA) is 130 Å². The van der Waals surface area contributed by atoms with Gasteiger partial charge in [0.2, 0.25) is 12.7 Å². The van der Waals surface area contributed by atoms with E-state index >= 15 is 0 Å². The molecule has 0 aliphatic carbocycles. The van der Waals surface area contributed by atoms with Crippen LogP contribution >= 0.6 is 0 Å². The smallest absolute Gasteiger partial charge is 0.308 e. The third kappa shape index (κ3) is 4.13. The van der Waals surface area contributed by atoms with Gasteiger partial charge in [-0.3, -0.25) is 19.4 Å². The van der Waals surface area contributed by atoms with Crippen LogP contribution in [0.4, 0.5) is 0 Å². The highest BCUT2D eigenvalue weighted by molar-refractivity contribution is 5.87. The van der Waals surface area contributed by atoms with Gasteiger partial charge in [0.1, 0.15) is 12.0 Å². The standard InChI is InChI=1S/C31H37N3O8/c1-7-8-22(36)32-12-21-24-18(28(42-16(4)35)15(3)29-30(24)41-13-40-29)11-19-25-23-17(9-14(2)27(39-6)26(23)37)10-20(33(25)5)31(38)34(19)21/h7-9,19-21,25,31,37-38H,10-13H2,1-6H3,(H,32,36)/t19?,20-,21-,25-,31-/m0/s1. The fourth-order valence-corrected chi connectivity index (χ4v) is 7.53. The molecule has 5 atom stereocenters. The number of esters is 1. The van der Waals surface area contributed by atoms with Crippen LogP contribution in [-0.4, -0.2) is 77.7 Å². The van der Waals surface area contributed by atoms with Crippen molar-refractivity contribution < 1.29 is 38.7 Å². The normalized spacial score (nSPS) is 25.9. The van der Waals surface area contributed by atoms with E-state index in [0.29, 0.717) is 47.0 Å². The second-order valence-corrected chi connectivity index (χ2v) is 11.4. The molecule has 4 aliphatic heterocycles. The lowest BCUT2D eigenvalue weighted by molar-refractivity contribution is -0.172. The zero-order valence-electron chi connectivity index (χ0n) is 24.7. The first-order chi connectivity index (χ1) is 20.1. The van der Waals surface area contributed by atoms with Crippen LogP contribution in [0.25, 0.3) is 0 Å². The molecule has 0 radical (unpaired) electrons. The van der Waals surface area contributed by atoms with E-state index < -0.39 is 18.2 Å². The number of benzene rings is 2. The van der Waals surface area contributed by atoms with E-state index in [1.807, 2.05) is 31.9 Å². The van der Waals surface area contributed by atoms with E-state index in [0.717, 1.165) is 22.3 Å². The number of piperazine rings is 1. The monoisotopic (exact) mass is 579 g/mol. The molecule has 1 fully saturated rings. The number of aliphatic hydroxyl groups excluding tert-OH is 1. The molecular weight excluding hydrogens is 542 g/mol. The average Bonchev–Trinajstić information content (AvgIpc) is 3.43. The highest BCUT2D eigenvalue weighted by Crippen LogP contribution is 2.58. The molecule has 4 aliphatic rings. The van der Waals surface area contributed by atoms with Crippen molar-refractivity contribution in [2.75, 3.05) is 27.5 Å². The van der Waals surface area contributed by atoms with Crippen molar-refractivity contribution in [3.63, 3.8) is 0 Å². The summed E-state index contributed by atoms with van der Waals surface area (Å²) in [6.07, 6.45) is 3.08. The van der Waals surface area contributed by atoms with Crippen molar-refractivity contribution in [2.24, 2.45) is 0 Å². The maximum Gasteiger partial charge on any atom is 0.308 e. The molecule has 11 heteroatoms. The molecule has 2 aromatic carbocycles. The lowest BCUT2D eigenvalue weighted by Crippen LogP contribution is -2.69. The fourth-order valence-electron chi connectivity index (χ4n) is 7.53.